The first-order valence-electron chi connectivity index (χ1n) is 6.60. The van der Waals surface area contributed by atoms with Gasteiger partial charge in [0.2, 0.25) is 0 Å². The minimum Gasteiger partial charge on any atom is -0.0882 e. The van der Waals surface area contributed by atoms with Gasteiger partial charge in [-0.05, 0) is 51.4 Å². The predicted molar refractivity (Wildman–Crippen MR) is 73.5 cm³/mol. The molecular formula is C16H24Ni2. The molecular weight excluding hydrogens is 310 g/mol. The van der Waals surface area contributed by atoms with E-state index < -0.39 is 0 Å². The van der Waals surface area contributed by atoms with E-state index in [9.17, 15) is 0 Å². The van der Waals surface area contributed by atoms with Gasteiger partial charge in [0.15, 0.2) is 0 Å². The van der Waals surface area contributed by atoms with Gasteiger partial charge in [-0.25, -0.2) is 0 Å². The maximum Gasteiger partial charge on any atom is 0 e. The van der Waals surface area contributed by atoms with E-state index in [4.69, 9.17) is 0 Å². The van der Waals surface area contributed by atoms with Crippen LogP contribution in [0.2, 0.25) is 0 Å². The molecule has 0 saturated heterocycles. The summed E-state index contributed by atoms with van der Waals surface area (Å²) in [7, 11) is 0. The summed E-state index contributed by atoms with van der Waals surface area (Å²) in [6, 6.07) is 0. The van der Waals surface area contributed by atoms with Gasteiger partial charge in [-0.3, -0.25) is 0 Å². The third-order valence-electron chi connectivity index (χ3n) is 2.67. The van der Waals surface area contributed by atoms with E-state index in [2.05, 4.69) is 48.6 Å². The summed E-state index contributed by atoms with van der Waals surface area (Å²) < 4.78 is 0. The molecule has 2 rings (SSSR count). The molecule has 0 aromatic rings. The molecule has 0 fully saturated rings. The summed E-state index contributed by atoms with van der Waals surface area (Å²) in [6.07, 6.45) is 28.0. The molecule has 0 atom stereocenters. The number of allylic oxidation sites excluding steroid dienone is 8. The van der Waals surface area contributed by atoms with Gasteiger partial charge in [0.25, 0.3) is 0 Å². The van der Waals surface area contributed by atoms with Crippen molar-refractivity contribution in [3.8, 4) is 0 Å². The van der Waals surface area contributed by atoms with Crippen LogP contribution in [0.1, 0.15) is 51.4 Å². The van der Waals surface area contributed by atoms with Crippen molar-refractivity contribution in [3.05, 3.63) is 48.6 Å². The molecule has 18 heavy (non-hydrogen) atoms. The van der Waals surface area contributed by atoms with Crippen molar-refractivity contribution in [1.29, 1.82) is 0 Å². The maximum absolute atomic E-state index is 2.27. The van der Waals surface area contributed by atoms with Crippen LogP contribution in [-0.4, -0.2) is 0 Å². The van der Waals surface area contributed by atoms with Crippen molar-refractivity contribution < 1.29 is 33.0 Å². The van der Waals surface area contributed by atoms with E-state index in [1.54, 1.807) is 0 Å². The van der Waals surface area contributed by atoms with Gasteiger partial charge >= 0.3 is 0 Å². The number of hydrogen-bond donors (Lipinski definition) is 0. The zero-order chi connectivity index (χ0) is 11.3. The quantitative estimate of drug-likeness (QED) is 0.414. The summed E-state index contributed by atoms with van der Waals surface area (Å²) in [6.45, 7) is 0. The fourth-order valence-corrected chi connectivity index (χ4v) is 1.71. The Balaban J connectivity index is 0. The third-order valence-corrected chi connectivity index (χ3v) is 2.67. The molecule has 0 spiro atoms. The van der Waals surface area contributed by atoms with Gasteiger partial charge in [-0.2, -0.15) is 0 Å². The molecule has 0 aliphatic heterocycles. The molecule has 2 aliphatic carbocycles. The smallest absolute Gasteiger partial charge is 0 e. The molecule has 0 aromatic carbocycles. The average Bonchev–Trinajstić information content (AvgIpc) is 2.15. The normalized spacial score (nSPS) is 24.9. The Bertz CT molecular complexity index is 182. The van der Waals surface area contributed by atoms with Crippen molar-refractivity contribution in [2.24, 2.45) is 0 Å². The first-order chi connectivity index (χ1) is 8.00. The summed E-state index contributed by atoms with van der Waals surface area (Å²) in [5.41, 5.74) is 0. The second kappa shape index (κ2) is 16.9. The Labute approximate surface area is 133 Å². The minimum atomic E-state index is 0. The predicted octanol–water partition coefficient (Wildman–Crippen LogP) is 5.34. The molecule has 0 nitrogen and oxygen atoms in total. The van der Waals surface area contributed by atoms with Crippen LogP contribution < -0.4 is 0 Å². The molecule has 0 bridgehead atoms. The molecule has 0 amide bonds. The van der Waals surface area contributed by atoms with Crippen LogP contribution >= 0.6 is 0 Å². The Kier molecular flexibility index (Phi) is 19.1. The van der Waals surface area contributed by atoms with Gasteiger partial charge in [0.1, 0.15) is 0 Å². The second-order valence-electron chi connectivity index (χ2n) is 4.20. The third kappa shape index (κ3) is 14.0. The van der Waals surface area contributed by atoms with Crippen LogP contribution in [-0.2, 0) is 33.0 Å². The summed E-state index contributed by atoms with van der Waals surface area (Å²) in [5, 5.41) is 0. The van der Waals surface area contributed by atoms with Crippen LogP contribution in [0.3, 0.4) is 0 Å². The molecule has 0 saturated carbocycles. The number of rotatable bonds is 0. The van der Waals surface area contributed by atoms with Crippen LogP contribution in [0.4, 0.5) is 0 Å². The summed E-state index contributed by atoms with van der Waals surface area (Å²) in [4.78, 5) is 0. The van der Waals surface area contributed by atoms with Gasteiger partial charge in [0.05, 0.1) is 0 Å². The van der Waals surface area contributed by atoms with E-state index in [1.807, 2.05) is 0 Å². The fraction of sp³-hybridized carbons (Fsp3) is 0.500. The summed E-state index contributed by atoms with van der Waals surface area (Å²) in [5.74, 6) is 0. The van der Waals surface area contributed by atoms with E-state index in [0.29, 0.717) is 0 Å². The number of hydrogen-bond acceptors (Lipinski definition) is 0. The first-order valence-corrected chi connectivity index (χ1v) is 6.60. The van der Waals surface area contributed by atoms with Gasteiger partial charge < -0.3 is 0 Å². The molecule has 0 radical (unpaired) electrons. The largest absolute Gasteiger partial charge is 0.0882 e. The van der Waals surface area contributed by atoms with E-state index in [-0.39, 0.29) is 33.0 Å². The van der Waals surface area contributed by atoms with Crippen molar-refractivity contribution >= 4 is 0 Å². The van der Waals surface area contributed by atoms with Crippen LogP contribution in [0.5, 0.6) is 0 Å². The Morgan fingerprint density at radius 3 is 0.500 bits per heavy atom. The zero-order valence-corrected chi connectivity index (χ0v) is 12.9. The Hall–Kier alpha value is -0.0530. The molecule has 0 heterocycles. The monoisotopic (exact) mass is 332 g/mol. The Morgan fingerprint density at radius 1 is 0.278 bits per heavy atom. The molecule has 2 aliphatic rings. The molecule has 0 N–H and O–H groups in total. The second-order valence-corrected chi connectivity index (χ2v) is 4.20. The van der Waals surface area contributed by atoms with Crippen molar-refractivity contribution in [3.63, 3.8) is 0 Å². The minimum absolute atomic E-state index is 0. The van der Waals surface area contributed by atoms with E-state index in [1.165, 1.54) is 51.4 Å². The van der Waals surface area contributed by atoms with E-state index >= 15 is 0 Å². The molecule has 0 aromatic heterocycles. The topological polar surface area (TPSA) is 0 Å². The standard InChI is InChI=1S/2C8H12.2Ni/c2*1-2-4-6-8-7-5-3-1;;/h2*1-2,7-8H,3-6H2;;/b2*2-1-,8-7-;;. The van der Waals surface area contributed by atoms with Crippen molar-refractivity contribution in [2.45, 2.75) is 51.4 Å². The molecule has 0 unspecified atom stereocenters. The van der Waals surface area contributed by atoms with Crippen LogP contribution in [0.25, 0.3) is 0 Å². The van der Waals surface area contributed by atoms with E-state index in [0.717, 1.165) is 0 Å². The van der Waals surface area contributed by atoms with Crippen LogP contribution in [0, 0.1) is 0 Å². The summed E-state index contributed by atoms with van der Waals surface area (Å²) >= 11 is 0. The zero-order valence-electron chi connectivity index (χ0n) is 10.9. The average molecular weight is 334 g/mol. The molecule has 2 heteroatoms. The van der Waals surface area contributed by atoms with Crippen molar-refractivity contribution in [1.82, 2.24) is 0 Å². The Morgan fingerprint density at radius 2 is 0.389 bits per heavy atom. The SMILES string of the molecule is C1=C\CC/C=C\CC/1.C1=C\CC/C=C\CC/1.[Ni].[Ni]. The first kappa shape index (κ1) is 20.3. The fourth-order valence-electron chi connectivity index (χ4n) is 1.71. The van der Waals surface area contributed by atoms with Crippen molar-refractivity contribution in [2.75, 3.05) is 0 Å². The van der Waals surface area contributed by atoms with Gasteiger partial charge in [0, 0.05) is 33.0 Å². The van der Waals surface area contributed by atoms with Crippen LogP contribution in [0.15, 0.2) is 48.6 Å². The van der Waals surface area contributed by atoms with Gasteiger partial charge in [-0.15, -0.1) is 0 Å². The van der Waals surface area contributed by atoms with Gasteiger partial charge in [-0.1, -0.05) is 48.6 Å². The molecule has 108 valence electrons. The maximum atomic E-state index is 2.27.